The topological polar surface area (TPSA) is 49.8 Å². The first kappa shape index (κ1) is 9.94. The van der Waals surface area contributed by atoms with Gasteiger partial charge in [-0.25, -0.2) is 0 Å². The van der Waals surface area contributed by atoms with Crippen LogP contribution in [0.3, 0.4) is 0 Å². The molecule has 0 amide bonds. The molecule has 0 heterocycles. The molecule has 2 nitrogen and oxygen atoms in total. The number of hydrogen-bond donors (Lipinski definition) is 1. The van der Waals surface area contributed by atoms with Crippen molar-refractivity contribution in [1.82, 2.24) is 0 Å². The van der Waals surface area contributed by atoms with E-state index >= 15 is 0 Å². The number of rotatable bonds is 2. The molecule has 0 fully saturated rings. The van der Waals surface area contributed by atoms with Gasteiger partial charge < -0.3 is 5.73 Å². The number of nitrogens with two attached hydrogens (primary N) is 1. The van der Waals surface area contributed by atoms with Gasteiger partial charge in [0.15, 0.2) is 0 Å². The fourth-order valence-electron chi connectivity index (χ4n) is 0.992. The van der Waals surface area contributed by atoms with Crippen molar-refractivity contribution in [1.29, 1.82) is 5.26 Å². The van der Waals surface area contributed by atoms with E-state index in [-0.39, 0.29) is 0 Å². The molecule has 0 atom stereocenters. The molecule has 1 aromatic carbocycles. The van der Waals surface area contributed by atoms with Crippen LogP contribution in [-0.4, -0.2) is 5.25 Å². The molecule has 1 rings (SSSR count). The molecular formula is C10H12N2S. The van der Waals surface area contributed by atoms with Gasteiger partial charge in [0.2, 0.25) is 0 Å². The number of nitrogen functional groups attached to an aromatic ring is 1. The van der Waals surface area contributed by atoms with Crippen LogP contribution in [-0.2, 0) is 0 Å². The summed E-state index contributed by atoms with van der Waals surface area (Å²) >= 11 is 1.68. The number of nitrogens with zero attached hydrogens (tertiary/aromatic N) is 1. The predicted molar refractivity (Wildman–Crippen MR) is 56.6 cm³/mol. The van der Waals surface area contributed by atoms with E-state index in [1.165, 1.54) is 0 Å². The summed E-state index contributed by atoms with van der Waals surface area (Å²) in [6.45, 7) is 4.20. The molecule has 0 spiro atoms. The van der Waals surface area contributed by atoms with Gasteiger partial charge >= 0.3 is 0 Å². The van der Waals surface area contributed by atoms with Crippen LogP contribution in [0.5, 0.6) is 0 Å². The predicted octanol–water partition coefficient (Wildman–Crippen LogP) is 2.64. The lowest BCUT2D eigenvalue weighted by atomic mass is 10.2. The smallest absolute Gasteiger partial charge is 0.100 e. The third-order valence-electron chi connectivity index (χ3n) is 1.49. The Morgan fingerprint density at radius 3 is 2.69 bits per heavy atom. The summed E-state index contributed by atoms with van der Waals surface area (Å²) in [5.74, 6) is 0. The molecule has 0 saturated heterocycles. The Hall–Kier alpha value is -1.14. The number of hydrogen-bond acceptors (Lipinski definition) is 3. The van der Waals surface area contributed by atoms with Crippen molar-refractivity contribution in [3.63, 3.8) is 0 Å². The van der Waals surface area contributed by atoms with E-state index in [2.05, 4.69) is 19.9 Å². The molecule has 0 bridgehead atoms. The Morgan fingerprint density at radius 2 is 2.15 bits per heavy atom. The molecule has 0 aliphatic heterocycles. The first-order chi connectivity index (χ1) is 6.13. The highest BCUT2D eigenvalue weighted by atomic mass is 32.2. The average molecular weight is 192 g/mol. The average Bonchev–Trinajstić information content (AvgIpc) is 2.07. The lowest BCUT2D eigenvalue weighted by molar-refractivity contribution is 1.11. The second-order valence-corrected chi connectivity index (χ2v) is 4.65. The summed E-state index contributed by atoms with van der Waals surface area (Å²) in [5.41, 5.74) is 6.88. The molecule has 0 aromatic heterocycles. The van der Waals surface area contributed by atoms with Gasteiger partial charge in [-0.3, -0.25) is 0 Å². The highest BCUT2D eigenvalue weighted by molar-refractivity contribution is 8.00. The quantitative estimate of drug-likeness (QED) is 0.579. The van der Waals surface area contributed by atoms with Crippen LogP contribution >= 0.6 is 11.8 Å². The Balaban J connectivity index is 3.01. The lowest BCUT2D eigenvalue weighted by Gasteiger charge is -2.06. The van der Waals surface area contributed by atoms with Crippen molar-refractivity contribution in [2.75, 3.05) is 5.73 Å². The Bertz CT molecular complexity index is 339. The van der Waals surface area contributed by atoms with E-state index < -0.39 is 0 Å². The zero-order chi connectivity index (χ0) is 9.84. The van der Waals surface area contributed by atoms with Crippen molar-refractivity contribution in [3.8, 4) is 6.07 Å². The fourth-order valence-corrected chi connectivity index (χ4v) is 1.88. The number of nitriles is 1. The molecule has 1 aromatic rings. The molecule has 2 N–H and O–H groups in total. The second kappa shape index (κ2) is 4.20. The molecule has 13 heavy (non-hydrogen) atoms. The van der Waals surface area contributed by atoms with Gasteiger partial charge in [0, 0.05) is 15.8 Å². The Morgan fingerprint density at radius 1 is 1.46 bits per heavy atom. The van der Waals surface area contributed by atoms with Gasteiger partial charge in [0.25, 0.3) is 0 Å². The maximum absolute atomic E-state index is 8.84. The number of anilines is 1. The summed E-state index contributed by atoms with van der Waals surface area (Å²) in [6, 6.07) is 7.58. The van der Waals surface area contributed by atoms with E-state index in [4.69, 9.17) is 11.0 Å². The minimum atomic E-state index is 0.482. The van der Waals surface area contributed by atoms with Gasteiger partial charge in [0.1, 0.15) is 6.07 Å². The van der Waals surface area contributed by atoms with Crippen LogP contribution in [0.25, 0.3) is 0 Å². The standard InChI is InChI=1S/C10H12N2S/c1-7(2)13-10-4-3-9(12)5-8(10)6-11/h3-5,7H,12H2,1-2H3. The molecule has 0 aliphatic rings. The second-order valence-electron chi connectivity index (χ2n) is 3.03. The van der Waals surface area contributed by atoms with Crippen molar-refractivity contribution in [2.45, 2.75) is 24.0 Å². The van der Waals surface area contributed by atoms with E-state index in [1.807, 2.05) is 12.1 Å². The highest BCUT2D eigenvalue weighted by Crippen LogP contribution is 2.27. The lowest BCUT2D eigenvalue weighted by Crippen LogP contribution is -1.91. The zero-order valence-electron chi connectivity index (χ0n) is 7.74. The molecule has 0 aliphatic carbocycles. The minimum Gasteiger partial charge on any atom is -0.399 e. The zero-order valence-corrected chi connectivity index (χ0v) is 8.56. The summed E-state index contributed by atoms with van der Waals surface area (Å²) in [7, 11) is 0. The highest BCUT2D eigenvalue weighted by Gasteiger charge is 2.04. The van der Waals surface area contributed by atoms with E-state index in [9.17, 15) is 0 Å². The van der Waals surface area contributed by atoms with Gasteiger partial charge in [-0.05, 0) is 18.2 Å². The van der Waals surface area contributed by atoms with E-state index in [0.717, 1.165) is 4.90 Å². The van der Waals surface area contributed by atoms with Crippen molar-refractivity contribution >= 4 is 17.4 Å². The van der Waals surface area contributed by atoms with Crippen molar-refractivity contribution < 1.29 is 0 Å². The van der Waals surface area contributed by atoms with Crippen LogP contribution in [0.15, 0.2) is 23.1 Å². The molecule has 0 radical (unpaired) electrons. The summed E-state index contributed by atoms with van der Waals surface area (Å²) in [4.78, 5) is 1.01. The van der Waals surface area contributed by atoms with Gasteiger partial charge in [-0.2, -0.15) is 5.26 Å². The van der Waals surface area contributed by atoms with E-state index in [0.29, 0.717) is 16.5 Å². The van der Waals surface area contributed by atoms with Crippen LogP contribution in [0, 0.1) is 11.3 Å². The largest absolute Gasteiger partial charge is 0.399 e. The third-order valence-corrected chi connectivity index (χ3v) is 2.57. The summed E-state index contributed by atoms with van der Waals surface area (Å²) in [6.07, 6.45) is 0. The van der Waals surface area contributed by atoms with Gasteiger partial charge in [0.05, 0.1) is 5.56 Å². The molecular weight excluding hydrogens is 180 g/mol. The maximum atomic E-state index is 8.84. The van der Waals surface area contributed by atoms with Crippen molar-refractivity contribution in [3.05, 3.63) is 23.8 Å². The van der Waals surface area contributed by atoms with Crippen LogP contribution in [0.2, 0.25) is 0 Å². The first-order valence-electron chi connectivity index (χ1n) is 4.09. The van der Waals surface area contributed by atoms with Crippen molar-refractivity contribution in [2.24, 2.45) is 0 Å². The molecule has 68 valence electrons. The number of thioether (sulfide) groups is 1. The monoisotopic (exact) mass is 192 g/mol. The fraction of sp³-hybridized carbons (Fsp3) is 0.300. The normalized spacial score (nSPS) is 10.0. The molecule has 3 heteroatoms. The summed E-state index contributed by atoms with van der Waals surface area (Å²) < 4.78 is 0. The van der Waals surface area contributed by atoms with E-state index in [1.54, 1.807) is 17.8 Å². The van der Waals surface area contributed by atoms with Crippen LogP contribution in [0.1, 0.15) is 19.4 Å². The first-order valence-corrected chi connectivity index (χ1v) is 4.97. The third kappa shape index (κ3) is 2.67. The SMILES string of the molecule is CC(C)Sc1ccc(N)cc1C#N. The van der Waals surface area contributed by atoms with Crippen LogP contribution < -0.4 is 5.73 Å². The minimum absolute atomic E-state index is 0.482. The van der Waals surface area contributed by atoms with Gasteiger partial charge in [-0.15, -0.1) is 11.8 Å². The molecule has 0 saturated carbocycles. The Labute approximate surface area is 82.7 Å². The van der Waals surface area contributed by atoms with Crippen LogP contribution in [0.4, 0.5) is 5.69 Å². The number of benzene rings is 1. The Kier molecular flexibility index (Phi) is 3.21. The summed E-state index contributed by atoms with van der Waals surface area (Å²) in [5, 5.41) is 9.32. The van der Waals surface area contributed by atoms with Gasteiger partial charge in [-0.1, -0.05) is 13.8 Å². The molecule has 0 unspecified atom stereocenters. The maximum Gasteiger partial charge on any atom is 0.100 e.